The molecule has 4 nitrogen and oxygen atoms in total. The molecule has 1 amide bonds. The zero-order valence-electron chi connectivity index (χ0n) is 7.75. The summed E-state index contributed by atoms with van der Waals surface area (Å²) in [6.07, 6.45) is 6.94. The topological polar surface area (TPSA) is 52.6 Å². The van der Waals surface area contributed by atoms with Gasteiger partial charge in [0.1, 0.15) is 6.04 Å². The van der Waals surface area contributed by atoms with Crippen LogP contribution in [0.1, 0.15) is 6.92 Å². The van der Waals surface area contributed by atoms with Crippen molar-refractivity contribution in [2.75, 3.05) is 6.61 Å². The van der Waals surface area contributed by atoms with E-state index in [1.54, 1.807) is 6.92 Å². The molecule has 3 rings (SSSR count). The van der Waals surface area contributed by atoms with Crippen LogP contribution < -0.4 is 0 Å². The van der Waals surface area contributed by atoms with Crippen LogP contribution in [0.25, 0.3) is 0 Å². The highest BCUT2D eigenvalue weighted by molar-refractivity contribution is 7.90. The van der Waals surface area contributed by atoms with Gasteiger partial charge in [-0.1, -0.05) is 12.2 Å². The third-order valence-electron chi connectivity index (χ3n) is 2.14. The van der Waals surface area contributed by atoms with E-state index >= 15 is 0 Å². The quantitative estimate of drug-likeness (QED) is 0.482. The Bertz CT molecular complexity index is 288. The molecule has 2 aliphatic heterocycles. The summed E-state index contributed by atoms with van der Waals surface area (Å²) in [6, 6.07) is -0.208. The Morgan fingerprint density at radius 1 is 1.50 bits per heavy atom. The van der Waals surface area contributed by atoms with Crippen molar-refractivity contribution in [3.05, 3.63) is 24.3 Å². The molecule has 1 unspecified atom stereocenters. The van der Waals surface area contributed by atoms with Crippen molar-refractivity contribution in [1.29, 1.82) is 0 Å². The van der Waals surface area contributed by atoms with E-state index in [2.05, 4.69) is 0 Å². The zero-order chi connectivity index (χ0) is 10.1. The number of carbonyl (C=O) groups excluding carboxylic acids is 1. The molecule has 76 valence electrons. The lowest BCUT2D eigenvalue weighted by molar-refractivity contribution is 0.128. The monoisotopic (exact) mass is 213 g/mol. The molecule has 5 heteroatoms. The van der Waals surface area contributed by atoms with E-state index in [-0.39, 0.29) is 11.3 Å². The van der Waals surface area contributed by atoms with Gasteiger partial charge in [0.25, 0.3) is 0 Å². The van der Waals surface area contributed by atoms with Crippen molar-refractivity contribution < 1.29 is 14.1 Å². The van der Waals surface area contributed by atoms with Gasteiger partial charge >= 0.3 is 6.09 Å². The van der Waals surface area contributed by atoms with Gasteiger partial charge in [-0.3, -0.25) is 0 Å². The number of hydrogen-bond acceptors (Lipinski definition) is 3. The number of carbonyl (C=O) groups is 1. The molecule has 1 atom stereocenters. The number of hydrogen-bond donors (Lipinski definition) is 0. The highest BCUT2D eigenvalue weighted by atomic mass is 32.2. The Morgan fingerprint density at radius 3 is 2.64 bits per heavy atom. The van der Waals surface area contributed by atoms with Crippen LogP contribution >= 0.6 is 0 Å². The second-order valence-electron chi connectivity index (χ2n) is 3.03. The molecule has 2 bridgehead atoms. The van der Waals surface area contributed by atoms with Crippen LogP contribution in [0.2, 0.25) is 0 Å². The number of nitrogens with zero attached hydrogens (tertiary/aromatic N) is 1. The fourth-order valence-electron chi connectivity index (χ4n) is 1.50. The van der Waals surface area contributed by atoms with Gasteiger partial charge in [-0.15, -0.1) is 4.31 Å². The Morgan fingerprint density at radius 2 is 2.14 bits per heavy atom. The van der Waals surface area contributed by atoms with E-state index in [0.29, 0.717) is 6.61 Å². The second-order valence-corrected chi connectivity index (χ2v) is 4.52. The van der Waals surface area contributed by atoms with Crippen LogP contribution in [0, 0.1) is 0 Å². The van der Waals surface area contributed by atoms with Crippen LogP contribution in [0.15, 0.2) is 24.3 Å². The molecule has 0 spiro atoms. The highest BCUT2D eigenvalue weighted by Crippen LogP contribution is 2.28. The van der Waals surface area contributed by atoms with Crippen molar-refractivity contribution in [3.63, 3.8) is 0 Å². The molecule has 0 N–H and O–H groups in total. The summed E-state index contributed by atoms with van der Waals surface area (Å²) in [5.41, 5.74) is 0. The minimum absolute atomic E-state index is 0.176. The average Bonchev–Trinajstić information content (AvgIpc) is 2.19. The first-order valence-corrected chi connectivity index (χ1v) is 5.64. The molecule has 0 saturated carbocycles. The molecule has 0 saturated heterocycles. The molecule has 0 aromatic rings. The van der Waals surface area contributed by atoms with Gasteiger partial charge in [0.2, 0.25) is 0 Å². The Kier molecular flexibility index (Phi) is 2.52. The third-order valence-corrected chi connectivity index (χ3v) is 3.70. The number of fused-ring (bicyclic) bond motifs is 1. The van der Waals surface area contributed by atoms with Gasteiger partial charge in [-0.25, -0.2) is 4.79 Å². The van der Waals surface area contributed by atoms with Crippen LogP contribution in [-0.2, 0) is 16.1 Å². The van der Waals surface area contributed by atoms with Crippen molar-refractivity contribution in [3.8, 4) is 0 Å². The van der Waals surface area contributed by atoms with E-state index in [1.807, 2.05) is 24.3 Å². The van der Waals surface area contributed by atoms with Crippen LogP contribution in [-0.4, -0.2) is 32.8 Å². The molecule has 0 radical (unpaired) electrons. The summed E-state index contributed by atoms with van der Waals surface area (Å²) in [7, 11) is 0. The molecular weight excluding hydrogens is 202 g/mol. The van der Waals surface area contributed by atoms with E-state index in [9.17, 15) is 9.35 Å². The fourth-order valence-corrected chi connectivity index (χ4v) is 2.79. The summed E-state index contributed by atoms with van der Waals surface area (Å²) in [5, 5.41) is -0.176. The predicted molar refractivity (Wildman–Crippen MR) is 52.9 cm³/mol. The van der Waals surface area contributed by atoms with Gasteiger partial charge in [0.05, 0.1) is 18.0 Å². The standard InChI is InChI=1S/C9H11NO3S/c1-2-13-9(11)10-7-3-5-8(6-4-7)14(10)12/h3-8H,2H2,1H3. The minimum Gasteiger partial charge on any atom is -0.592 e. The molecule has 0 aromatic carbocycles. The van der Waals surface area contributed by atoms with Gasteiger partial charge in [0.15, 0.2) is 5.25 Å². The van der Waals surface area contributed by atoms with E-state index in [1.165, 1.54) is 4.31 Å². The van der Waals surface area contributed by atoms with Crippen molar-refractivity contribution in [2.45, 2.75) is 18.2 Å². The van der Waals surface area contributed by atoms with Gasteiger partial charge in [-0.05, 0) is 19.1 Å². The van der Waals surface area contributed by atoms with Gasteiger partial charge in [-0.2, -0.15) is 0 Å². The van der Waals surface area contributed by atoms with Gasteiger partial charge in [0, 0.05) is 0 Å². The molecular formula is C9H11NO3S. The average molecular weight is 213 g/mol. The lowest BCUT2D eigenvalue weighted by Crippen LogP contribution is -2.51. The zero-order valence-corrected chi connectivity index (χ0v) is 8.57. The number of rotatable bonds is 1. The van der Waals surface area contributed by atoms with Crippen LogP contribution in [0.3, 0.4) is 0 Å². The summed E-state index contributed by atoms with van der Waals surface area (Å²) in [5.74, 6) is 0. The second kappa shape index (κ2) is 3.67. The fraction of sp³-hybridized carbons (Fsp3) is 0.444. The first-order valence-electron chi connectivity index (χ1n) is 4.47. The predicted octanol–water partition coefficient (Wildman–Crippen LogP) is 0.985. The molecule has 0 aromatic heterocycles. The SMILES string of the molecule is CCOC(=O)N1C2C=CC(C=C2)[S+]1[O-]. The van der Waals surface area contributed by atoms with Crippen LogP contribution in [0.5, 0.6) is 0 Å². The highest BCUT2D eigenvalue weighted by Gasteiger charge is 2.42. The Hall–Kier alpha value is -0.940. The summed E-state index contributed by atoms with van der Waals surface area (Å²) < 4.78 is 17.8. The maximum absolute atomic E-state index is 11.7. The van der Waals surface area contributed by atoms with Crippen molar-refractivity contribution in [1.82, 2.24) is 4.31 Å². The number of ether oxygens (including phenoxy) is 1. The normalized spacial score (nSPS) is 33.6. The Labute approximate surface area is 85.5 Å². The van der Waals surface area contributed by atoms with E-state index < -0.39 is 17.5 Å². The van der Waals surface area contributed by atoms with E-state index in [4.69, 9.17) is 4.74 Å². The maximum Gasteiger partial charge on any atom is 0.452 e. The summed E-state index contributed by atoms with van der Waals surface area (Å²) in [6.45, 7) is 2.03. The molecule has 14 heavy (non-hydrogen) atoms. The van der Waals surface area contributed by atoms with E-state index in [0.717, 1.165) is 0 Å². The van der Waals surface area contributed by atoms with Gasteiger partial charge < -0.3 is 9.29 Å². The lowest BCUT2D eigenvalue weighted by atomic mass is 10.1. The molecule has 3 aliphatic rings. The first kappa shape index (κ1) is 9.61. The minimum atomic E-state index is -1.31. The van der Waals surface area contributed by atoms with Crippen LogP contribution in [0.4, 0.5) is 4.79 Å². The maximum atomic E-state index is 11.7. The lowest BCUT2D eigenvalue weighted by Gasteiger charge is -2.36. The smallest absolute Gasteiger partial charge is 0.452 e. The van der Waals surface area contributed by atoms with Crippen molar-refractivity contribution >= 4 is 17.5 Å². The Balaban J connectivity index is 2.17. The largest absolute Gasteiger partial charge is 0.592 e. The molecule has 1 aliphatic carbocycles. The first-order chi connectivity index (χ1) is 6.74. The summed E-state index contributed by atoms with van der Waals surface area (Å²) >= 11 is -1.31. The number of amides is 1. The molecule has 2 heterocycles. The third kappa shape index (κ3) is 1.42. The molecule has 0 fully saturated rings. The van der Waals surface area contributed by atoms with Crippen molar-refractivity contribution in [2.24, 2.45) is 0 Å². The summed E-state index contributed by atoms with van der Waals surface area (Å²) in [4.78, 5) is 11.4.